The van der Waals surface area contributed by atoms with Crippen LogP contribution in [0.25, 0.3) is 0 Å². The number of hydrogen-bond acceptors (Lipinski definition) is 3. The van der Waals surface area contributed by atoms with E-state index in [1.54, 1.807) is 0 Å². The summed E-state index contributed by atoms with van der Waals surface area (Å²) in [6.45, 7) is 7.34. The van der Waals surface area contributed by atoms with Crippen molar-refractivity contribution >= 4 is 0 Å². The van der Waals surface area contributed by atoms with Crippen LogP contribution in [-0.4, -0.2) is 42.8 Å². The minimum Gasteiger partial charge on any atom is -0.374 e. The zero-order chi connectivity index (χ0) is 10.1. The standard InChI is InChI=1S/C11H22N2O/c1-8(12)11-7-13(5-6-14-11)9(2)10-3-4-10/h8-11H,3-7,12H2,1-2H3. The molecule has 2 fully saturated rings. The summed E-state index contributed by atoms with van der Waals surface area (Å²) in [5.41, 5.74) is 5.87. The summed E-state index contributed by atoms with van der Waals surface area (Å²) in [5.74, 6) is 0.946. The molecule has 1 saturated heterocycles. The summed E-state index contributed by atoms with van der Waals surface area (Å²) in [7, 11) is 0. The summed E-state index contributed by atoms with van der Waals surface area (Å²) in [6.07, 6.45) is 3.08. The molecule has 3 atom stereocenters. The van der Waals surface area contributed by atoms with Crippen LogP contribution in [0, 0.1) is 5.92 Å². The van der Waals surface area contributed by atoms with Crippen molar-refractivity contribution in [2.24, 2.45) is 11.7 Å². The predicted molar refractivity (Wildman–Crippen MR) is 57.1 cm³/mol. The van der Waals surface area contributed by atoms with E-state index in [2.05, 4.69) is 11.8 Å². The molecule has 0 aromatic rings. The molecule has 14 heavy (non-hydrogen) atoms. The van der Waals surface area contributed by atoms with Crippen LogP contribution in [-0.2, 0) is 4.74 Å². The van der Waals surface area contributed by atoms with Crippen molar-refractivity contribution in [2.45, 2.75) is 44.9 Å². The maximum absolute atomic E-state index is 5.87. The first kappa shape index (κ1) is 10.4. The molecule has 3 heteroatoms. The lowest BCUT2D eigenvalue weighted by molar-refractivity contribution is -0.0519. The fourth-order valence-electron chi connectivity index (χ4n) is 2.26. The van der Waals surface area contributed by atoms with Gasteiger partial charge in [0.1, 0.15) is 0 Å². The van der Waals surface area contributed by atoms with Crippen molar-refractivity contribution in [2.75, 3.05) is 19.7 Å². The zero-order valence-corrected chi connectivity index (χ0v) is 9.28. The molecule has 0 amide bonds. The lowest BCUT2D eigenvalue weighted by Gasteiger charge is -2.38. The van der Waals surface area contributed by atoms with Crippen molar-refractivity contribution in [3.63, 3.8) is 0 Å². The Labute approximate surface area is 86.6 Å². The SMILES string of the molecule is CC(N)C1CN(C(C)C2CC2)CCO1. The highest BCUT2D eigenvalue weighted by Gasteiger charge is 2.34. The third kappa shape index (κ3) is 2.27. The van der Waals surface area contributed by atoms with Gasteiger partial charge in [-0.2, -0.15) is 0 Å². The second-order valence-electron chi connectivity index (χ2n) is 4.84. The van der Waals surface area contributed by atoms with Crippen LogP contribution in [0.5, 0.6) is 0 Å². The molecule has 1 aliphatic carbocycles. The second kappa shape index (κ2) is 4.17. The number of nitrogens with two attached hydrogens (primary N) is 1. The molecule has 0 aromatic heterocycles. The lowest BCUT2D eigenvalue weighted by Crippen LogP contribution is -2.52. The molecule has 1 heterocycles. The molecule has 0 bridgehead atoms. The van der Waals surface area contributed by atoms with Crippen LogP contribution in [0.4, 0.5) is 0 Å². The Morgan fingerprint density at radius 1 is 1.36 bits per heavy atom. The Morgan fingerprint density at radius 2 is 2.07 bits per heavy atom. The number of hydrogen-bond donors (Lipinski definition) is 1. The maximum Gasteiger partial charge on any atom is 0.0850 e. The van der Waals surface area contributed by atoms with E-state index in [-0.39, 0.29) is 12.1 Å². The van der Waals surface area contributed by atoms with E-state index in [1.807, 2.05) is 6.92 Å². The van der Waals surface area contributed by atoms with Crippen molar-refractivity contribution in [1.82, 2.24) is 4.90 Å². The monoisotopic (exact) mass is 198 g/mol. The van der Waals surface area contributed by atoms with Gasteiger partial charge < -0.3 is 10.5 Å². The molecule has 1 aliphatic heterocycles. The number of rotatable bonds is 3. The van der Waals surface area contributed by atoms with E-state index in [4.69, 9.17) is 10.5 Å². The van der Waals surface area contributed by atoms with E-state index < -0.39 is 0 Å². The molecule has 3 unspecified atom stereocenters. The predicted octanol–water partition coefficient (Wildman–Crippen LogP) is 0.833. The van der Waals surface area contributed by atoms with Gasteiger partial charge in [0, 0.05) is 25.2 Å². The normalized spacial score (nSPS) is 34.1. The topological polar surface area (TPSA) is 38.5 Å². The molecular formula is C11H22N2O. The van der Waals surface area contributed by atoms with Crippen LogP contribution in [0.15, 0.2) is 0 Å². The van der Waals surface area contributed by atoms with Crippen LogP contribution in [0.2, 0.25) is 0 Å². The van der Waals surface area contributed by atoms with E-state index in [0.29, 0.717) is 0 Å². The van der Waals surface area contributed by atoms with Gasteiger partial charge in [0.2, 0.25) is 0 Å². The second-order valence-corrected chi connectivity index (χ2v) is 4.84. The minimum atomic E-state index is 0.157. The molecular weight excluding hydrogens is 176 g/mol. The summed E-state index contributed by atoms with van der Waals surface area (Å²) in [6, 6.07) is 0.893. The first-order valence-electron chi connectivity index (χ1n) is 5.79. The van der Waals surface area contributed by atoms with Gasteiger partial charge in [-0.25, -0.2) is 0 Å². The molecule has 2 aliphatic rings. The number of ether oxygens (including phenoxy) is 1. The molecule has 2 rings (SSSR count). The van der Waals surface area contributed by atoms with E-state index in [9.17, 15) is 0 Å². The summed E-state index contributed by atoms with van der Waals surface area (Å²) in [4.78, 5) is 2.55. The third-order valence-corrected chi connectivity index (χ3v) is 3.59. The maximum atomic E-state index is 5.87. The van der Waals surface area contributed by atoms with Gasteiger partial charge in [0.05, 0.1) is 12.7 Å². The molecule has 0 aromatic carbocycles. The highest BCUT2D eigenvalue weighted by Crippen LogP contribution is 2.35. The third-order valence-electron chi connectivity index (χ3n) is 3.59. The minimum absolute atomic E-state index is 0.157. The Morgan fingerprint density at radius 3 is 2.64 bits per heavy atom. The van der Waals surface area contributed by atoms with Gasteiger partial charge in [-0.1, -0.05) is 0 Å². The highest BCUT2D eigenvalue weighted by molar-refractivity contribution is 4.88. The lowest BCUT2D eigenvalue weighted by atomic mass is 10.1. The number of morpholine rings is 1. The molecule has 3 nitrogen and oxygen atoms in total. The van der Waals surface area contributed by atoms with Crippen LogP contribution < -0.4 is 5.73 Å². The van der Waals surface area contributed by atoms with E-state index in [0.717, 1.165) is 31.7 Å². The van der Waals surface area contributed by atoms with Gasteiger partial charge in [0.15, 0.2) is 0 Å². The van der Waals surface area contributed by atoms with E-state index in [1.165, 1.54) is 12.8 Å². The summed E-state index contributed by atoms with van der Waals surface area (Å²) >= 11 is 0. The van der Waals surface area contributed by atoms with Crippen LogP contribution in [0.1, 0.15) is 26.7 Å². The Bertz CT molecular complexity index is 192. The van der Waals surface area contributed by atoms with Gasteiger partial charge >= 0.3 is 0 Å². The summed E-state index contributed by atoms with van der Waals surface area (Å²) in [5, 5.41) is 0. The molecule has 1 saturated carbocycles. The zero-order valence-electron chi connectivity index (χ0n) is 9.28. The first-order chi connectivity index (χ1) is 6.68. The number of nitrogens with zero attached hydrogens (tertiary/aromatic N) is 1. The van der Waals surface area contributed by atoms with Crippen molar-refractivity contribution < 1.29 is 4.74 Å². The van der Waals surface area contributed by atoms with Gasteiger partial charge in [-0.15, -0.1) is 0 Å². The van der Waals surface area contributed by atoms with Crippen molar-refractivity contribution in [1.29, 1.82) is 0 Å². The molecule has 2 N–H and O–H groups in total. The van der Waals surface area contributed by atoms with Crippen LogP contribution in [0.3, 0.4) is 0 Å². The smallest absolute Gasteiger partial charge is 0.0850 e. The molecule has 0 spiro atoms. The fraction of sp³-hybridized carbons (Fsp3) is 1.00. The Balaban J connectivity index is 1.86. The largest absolute Gasteiger partial charge is 0.374 e. The summed E-state index contributed by atoms with van der Waals surface area (Å²) < 4.78 is 5.65. The van der Waals surface area contributed by atoms with Crippen molar-refractivity contribution in [3.8, 4) is 0 Å². The molecule has 0 radical (unpaired) electrons. The Hall–Kier alpha value is -0.120. The molecule has 82 valence electrons. The average molecular weight is 198 g/mol. The first-order valence-corrected chi connectivity index (χ1v) is 5.79. The van der Waals surface area contributed by atoms with E-state index >= 15 is 0 Å². The Kier molecular flexibility index (Phi) is 3.10. The van der Waals surface area contributed by atoms with Gasteiger partial charge in [-0.3, -0.25) is 4.90 Å². The average Bonchev–Trinajstić information content (AvgIpc) is 3.00. The van der Waals surface area contributed by atoms with Gasteiger partial charge in [-0.05, 0) is 32.6 Å². The van der Waals surface area contributed by atoms with Crippen molar-refractivity contribution in [3.05, 3.63) is 0 Å². The quantitative estimate of drug-likeness (QED) is 0.730. The fourth-order valence-corrected chi connectivity index (χ4v) is 2.26. The van der Waals surface area contributed by atoms with Gasteiger partial charge in [0.25, 0.3) is 0 Å². The van der Waals surface area contributed by atoms with Crippen LogP contribution >= 0.6 is 0 Å². The highest BCUT2D eigenvalue weighted by atomic mass is 16.5.